The molecule has 94 valence electrons. The van der Waals surface area contributed by atoms with E-state index >= 15 is 0 Å². The minimum Gasteiger partial charge on any atom is -0.476 e. The zero-order chi connectivity index (χ0) is 12.6. The van der Waals surface area contributed by atoms with E-state index in [-0.39, 0.29) is 5.69 Å². The summed E-state index contributed by atoms with van der Waals surface area (Å²) >= 11 is 3.38. The molecule has 1 N–H and O–H groups in total. The van der Waals surface area contributed by atoms with Gasteiger partial charge in [0.15, 0.2) is 5.69 Å². The van der Waals surface area contributed by atoms with Gasteiger partial charge in [0.05, 0.1) is 10.2 Å². The van der Waals surface area contributed by atoms with Crippen molar-refractivity contribution in [1.82, 2.24) is 14.7 Å². The van der Waals surface area contributed by atoms with Crippen molar-refractivity contribution < 1.29 is 9.90 Å². The Labute approximate surface area is 109 Å². The van der Waals surface area contributed by atoms with Crippen LogP contribution < -0.4 is 0 Å². The molecule has 1 saturated heterocycles. The number of halogens is 1. The van der Waals surface area contributed by atoms with Gasteiger partial charge in [-0.25, -0.2) is 4.79 Å². The topological polar surface area (TPSA) is 58.4 Å². The van der Waals surface area contributed by atoms with Crippen LogP contribution in [0.1, 0.15) is 34.9 Å². The van der Waals surface area contributed by atoms with E-state index in [0.717, 1.165) is 31.6 Å². The molecule has 0 aromatic carbocycles. The fraction of sp³-hybridized carbons (Fsp3) is 0.636. The molecule has 0 spiro atoms. The normalized spacial score (nSPS) is 18.5. The highest BCUT2D eigenvalue weighted by atomic mass is 79.9. The number of nitrogens with zero attached hydrogens (tertiary/aromatic N) is 3. The van der Waals surface area contributed by atoms with Crippen molar-refractivity contribution in [2.24, 2.45) is 7.05 Å². The molecule has 1 aromatic rings. The number of piperidine rings is 1. The number of hydrogen-bond donors (Lipinski definition) is 1. The van der Waals surface area contributed by atoms with Crippen LogP contribution in [0.2, 0.25) is 0 Å². The van der Waals surface area contributed by atoms with Gasteiger partial charge in [-0.2, -0.15) is 5.10 Å². The predicted molar refractivity (Wildman–Crippen MR) is 67.3 cm³/mol. The van der Waals surface area contributed by atoms with E-state index in [1.54, 1.807) is 4.68 Å². The summed E-state index contributed by atoms with van der Waals surface area (Å²) < 4.78 is 2.34. The van der Waals surface area contributed by atoms with Gasteiger partial charge in [-0.1, -0.05) is 0 Å². The van der Waals surface area contributed by atoms with Crippen LogP contribution in [0.5, 0.6) is 0 Å². The number of carbonyl (C=O) groups is 1. The van der Waals surface area contributed by atoms with Gasteiger partial charge < -0.3 is 10.0 Å². The second-order valence-corrected chi connectivity index (χ2v) is 5.35. The van der Waals surface area contributed by atoms with Gasteiger partial charge in [-0.15, -0.1) is 0 Å². The highest BCUT2D eigenvalue weighted by molar-refractivity contribution is 9.10. The summed E-state index contributed by atoms with van der Waals surface area (Å²) in [5.41, 5.74) is 1.12. The van der Waals surface area contributed by atoms with Crippen molar-refractivity contribution in [3.05, 3.63) is 15.9 Å². The Morgan fingerprint density at radius 1 is 1.41 bits per heavy atom. The van der Waals surface area contributed by atoms with Crippen LogP contribution in [-0.4, -0.2) is 45.9 Å². The predicted octanol–water partition coefficient (Wildman–Crippen LogP) is 1.69. The van der Waals surface area contributed by atoms with Crippen molar-refractivity contribution >= 4 is 21.9 Å². The summed E-state index contributed by atoms with van der Waals surface area (Å²) in [6.07, 6.45) is 2.10. The molecule has 0 unspecified atom stereocenters. The van der Waals surface area contributed by atoms with Gasteiger partial charge in [0.1, 0.15) is 0 Å². The number of carboxylic acid groups (broad SMARTS) is 1. The van der Waals surface area contributed by atoms with Gasteiger partial charge >= 0.3 is 5.97 Å². The van der Waals surface area contributed by atoms with Crippen LogP contribution in [-0.2, 0) is 7.05 Å². The van der Waals surface area contributed by atoms with Crippen molar-refractivity contribution in [2.75, 3.05) is 20.1 Å². The van der Waals surface area contributed by atoms with Crippen LogP contribution >= 0.6 is 15.9 Å². The van der Waals surface area contributed by atoms with E-state index < -0.39 is 5.97 Å². The minimum atomic E-state index is -0.980. The monoisotopic (exact) mass is 301 g/mol. The lowest BCUT2D eigenvalue weighted by atomic mass is 9.93. The summed E-state index contributed by atoms with van der Waals surface area (Å²) in [7, 11) is 3.92. The number of aromatic carboxylic acids is 1. The first kappa shape index (κ1) is 12.6. The lowest BCUT2D eigenvalue weighted by molar-refractivity contribution is 0.0688. The Morgan fingerprint density at radius 2 is 2.00 bits per heavy atom. The summed E-state index contributed by atoms with van der Waals surface area (Å²) in [5.74, 6) is -0.585. The molecule has 0 bridgehead atoms. The fourth-order valence-corrected chi connectivity index (χ4v) is 3.20. The Balaban J connectivity index is 2.29. The maximum Gasteiger partial charge on any atom is 0.357 e. The Hall–Kier alpha value is -0.880. The molecule has 0 atom stereocenters. The number of likely N-dealkylation sites (tertiary alicyclic amines) is 1. The maximum atomic E-state index is 11.0. The van der Waals surface area contributed by atoms with Gasteiger partial charge in [0.2, 0.25) is 0 Å². The number of carboxylic acids is 1. The van der Waals surface area contributed by atoms with Gasteiger partial charge in [0.25, 0.3) is 0 Å². The maximum absolute atomic E-state index is 11.0. The molecule has 1 aromatic heterocycles. The average molecular weight is 302 g/mol. The SMILES string of the molecule is CN1CCC(c2c(Br)c(C(=O)O)nn2C)CC1. The number of rotatable bonds is 2. The Kier molecular flexibility index (Phi) is 3.53. The first-order chi connectivity index (χ1) is 8.00. The van der Waals surface area contributed by atoms with E-state index in [2.05, 4.69) is 33.0 Å². The van der Waals surface area contributed by atoms with Crippen LogP contribution in [0.15, 0.2) is 4.47 Å². The van der Waals surface area contributed by atoms with E-state index in [4.69, 9.17) is 5.11 Å². The van der Waals surface area contributed by atoms with Crippen LogP contribution in [0.25, 0.3) is 0 Å². The highest BCUT2D eigenvalue weighted by Crippen LogP contribution is 2.34. The second kappa shape index (κ2) is 4.78. The molecule has 6 heteroatoms. The zero-order valence-electron chi connectivity index (χ0n) is 9.98. The molecule has 1 fully saturated rings. The number of hydrogen-bond acceptors (Lipinski definition) is 3. The molecular formula is C11H16BrN3O2. The summed E-state index contributed by atoms with van der Waals surface area (Å²) in [5, 5.41) is 13.1. The Bertz CT molecular complexity index is 436. The zero-order valence-corrected chi connectivity index (χ0v) is 11.6. The first-order valence-corrected chi connectivity index (χ1v) is 6.44. The molecule has 0 radical (unpaired) electrons. The first-order valence-electron chi connectivity index (χ1n) is 5.65. The molecule has 0 saturated carbocycles. The van der Waals surface area contributed by atoms with E-state index in [1.165, 1.54) is 0 Å². The quantitative estimate of drug-likeness (QED) is 0.903. The molecule has 1 aliphatic rings. The minimum absolute atomic E-state index is 0.112. The molecule has 0 aliphatic carbocycles. The third kappa shape index (κ3) is 2.37. The van der Waals surface area contributed by atoms with E-state index in [0.29, 0.717) is 10.4 Å². The van der Waals surface area contributed by atoms with Crippen molar-refractivity contribution in [3.63, 3.8) is 0 Å². The molecule has 17 heavy (non-hydrogen) atoms. The van der Waals surface area contributed by atoms with Crippen LogP contribution in [0.4, 0.5) is 0 Å². The van der Waals surface area contributed by atoms with Gasteiger partial charge in [-0.3, -0.25) is 4.68 Å². The van der Waals surface area contributed by atoms with Crippen LogP contribution in [0, 0.1) is 0 Å². The van der Waals surface area contributed by atoms with E-state index in [9.17, 15) is 4.79 Å². The van der Waals surface area contributed by atoms with Crippen molar-refractivity contribution in [2.45, 2.75) is 18.8 Å². The summed E-state index contributed by atoms with van der Waals surface area (Å²) in [6.45, 7) is 2.09. The Morgan fingerprint density at radius 3 is 2.47 bits per heavy atom. The molecule has 2 rings (SSSR count). The van der Waals surface area contributed by atoms with Crippen molar-refractivity contribution in [1.29, 1.82) is 0 Å². The average Bonchev–Trinajstić information content (AvgIpc) is 2.56. The molecular weight excluding hydrogens is 286 g/mol. The standard InChI is InChI=1S/C11H16BrN3O2/c1-14-5-3-7(4-6-14)10-8(12)9(11(16)17)13-15(10)2/h7H,3-6H2,1-2H3,(H,16,17). The molecule has 1 aliphatic heterocycles. The molecule has 0 amide bonds. The van der Waals surface area contributed by atoms with Crippen LogP contribution in [0.3, 0.4) is 0 Å². The smallest absolute Gasteiger partial charge is 0.357 e. The van der Waals surface area contributed by atoms with Gasteiger partial charge in [0, 0.05) is 13.0 Å². The largest absolute Gasteiger partial charge is 0.476 e. The van der Waals surface area contributed by atoms with Crippen molar-refractivity contribution in [3.8, 4) is 0 Å². The second-order valence-electron chi connectivity index (χ2n) is 4.55. The third-order valence-corrected chi connectivity index (χ3v) is 4.12. The fourth-order valence-electron chi connectivity index (χ4n) is 2.37. The molecule has 5 nitrogen and oxygen atoms in total. The summed E-state index contributed by atoms with van der Waals surface area (Å²) in [4.78, 5) is 13.3. The van der Waals surface area contributed by atoms with E-state index in [1.807, 2.05) is 7.05 Å². The van der Waals surface area contributed by atoms with Gasteiger partial charge in [-0.05, 0) is 48.9 Å². The lowest BCUT2D eigenvalue weighted by Gasteiger charge is -2.29. The third-order valence-electron chi connectivity index (χ3n) is 3.34. The summed E-state index contributed by atoms with van der Waals surface area (Å²) in [6, 6.07) is 0. The number of aromatic nitrogens is 2. The highest BCUT2D eigenvalue weighted by Gasteiger charge is 2.27. The lowest BCUT2D eigenvalue weighted by Crippen LogP contribution is -2.30. The molecule has 2 heterocycles. The number of aryl methyl sites for hydroxylation is 1.